The second kappa shape index (κ2) is 5.50. The molecule has 0 aromatic heterocycles. The first-order chi connectivity index (χ1) is 7.32. The van der Waals surface area contributed by atoms with Gasteiger partial charge in [0.25, 0.3) is 0 Å². The Balaban J connectivity index is 2.83. The highest BCUT2D eigenvalue weighted by molar-refractivity contribution is 9.09. The molecule has 16 heavy (non-hydrogen) atoms. The second-order valence-electron chi connectivity index (χ2n) is 5.04. The maximum atomic E-state index is 13.3. The summed E-state index contributed by atoms with van der Waals surface area (Å²) in [5.41, 5.74) is 1.00. The molecule has 1 aromatic carbocycles. The molecule has 0 bridgehead atoms. The first-order valence-electron chi connectivity index (χ1n) is 5.39. The van der Waals surface area contributed by atoms with Crippen LogP contribution in [0.15, 0.2) is 18.2 Å². The minimum Gasteiger partial charge on any atom is -0.205 e. The fraction of sp³-hybridized carbons (Fsp3) is 0.538. The van der Waals surface area contributed by atoms with Gasteiger partial charge in [-0.05, 0) is 29.9 Å². The highest BCUT2D eigenvalue weighted by Gasteiger charge is 2.22. The molecule has 0 spiro atoms. The van der Waals surface area contributed by atoms with E-state index in [1.54, 1.807) is 6.07 Å². The maximum absolute atomic E-state index is 13.3. The van der Waals surface area contributed by atoms with Crippen molar-refractivity contribution < 1.29 is 4.39 Å². The average Bonchev–Trinajstić information content (AvgIpc) is 2.10. The van der Waals surface area contributed by atoms with E-state index in [-0.39, 0.29) is 16.3 Å². The molecule has 1 unspecified atom stereocenters. The Morgan fingerprint density at radius 3 is 2.62 bits per heavy atom. The van der Waals surface area contributed by atoms with Crippen LogP contribution in [-0.4, -0.2) is 4.83 Å². The minimum absolute atomic E-state index is 0.111. The van der Waals surface area contributed by atoms with Crippen LogP contribution < -0.4 is 0 Å². The van der Waals surface area contributed by atoms with Crippen LogP contribution in [0.25, 0.3) is 0 Å². The van der Waals surface area contributed by atoms with Crippen LogP contribution in [0.2, 0.25) is 5.02 Å². The van der Waals surface area contributed by atoms with E-state index in [9.17, 15) is 4.39 Å². The highest BCUT2D eigenvalue weighted by atomic mass is 79.9. The Morgan fingerprint density at radius 1 is 1.44 bits per heavy atom. The van der Waals surface area contributed by atoms with Crippen LogP contribution in [0.3, 0.4) is 0 Å². The van der Waals surface area contributed by atoms with Crippen molar-refractivity contribution in [1.29, 1.82) is 0 Å². The van der Waals surface area contributed by atoms with E-state index in [4.69, 9.17) is 11.6 Å². The smallest absolute Gasteiger partial charge is 0.142 e. The Bertz CT molecular complexity index is 361. The standard InChI is InChI=1S/C13H17BrClF/c1-9(14)7-13(2,3)8-10-5-4-6-11(16)12(10)15/h4-6,9H,7-8H2,1-3H3. The van der Waals surface area contributed by atoms with Crippen LogP contribution in [0, 0.1) is 11.2 Å². The van der Waals surface area contributed by atoms with Gasteiger partial charge >= 0.3 is 0 Å². The zero-order chi connectivity index (χ0) is 12.3. The first kappa shape index (κ1) is 14.0. The summed E-state index contributed by atoms with van der Waals surface area (Å²) in [4.78, 5) is 0.454. The van der Waals surface area contributed by atoms with Gasteiger partial charge in [0.15, 0.2) is 0 Å². The molecule has 0 saturated carbocycles. The number of rotatable bonds is 4. The molecule has 1 atom stereocenters. The minimum atomic E-state index is -0.332. The van der Waals surface area contributed by atoms with Gasteiger partial charge in [-0.1, -0.05) is 60.4 Å². The molecule has 0 fully saturated rings. The average molecular weight is 308 g/mol. The molecule has 0 radical (unpaired) electrons. The molecule has 90 valence electrons. The molecule has 0 nitrogen and oxygen atoms in total. The van der Waals surface area contributed by atoms with Crippen LogP contribution >= 0.6 is 27.5 Å². The lowest BCUT2D eigenvalue weighted by Crippen LogP contribution is -2.19. The molecule has 0 N–H and O–H groups in total. The zero-order valence-electron chi connectivity index (χ0n) is 9.86. The van der Waals surface area contributed by atoms with Gasteiger partial charge in [-0.2, -0.15) is 0 Å². The fourth-order valence-corrected chi connectivity index (χ4v) is 3.10. The van der Waals surface area contributed by atoms with Crippen LogP contribution in [0.5, 0.6) is 0 Å². The summed E-state index contributed by atoms with van der Waals surface area (Å²) in [6, 6.07) is 5.00. The van der Waals surface area contributed by atoms with Crippen molar-refractivity contribution in [2.75, 3.05) is 0 Å². The lowest BCUT2D eigenvalue weighted by Gasteiger charge is -2.26. The van der Waals surface area contributed by atoms with Crippen LogP contribution in [0.4, 0.5) is 4.39 Å². The molecule has 0 aliphatic rings. The molecule has 0 saturated heterocycles. The van der Waals surface area contributed by atoms with Gasteiger partial charge in [0.1, 0.15) is 5.82 Å². The summed E-state index contributed by atoms with van der Waals surface area (Å²) in [5, 5.41) is 0.262. The van der Waals surface area contributed by atoms with Gasteiger partial charge in [0.2, 0.25) is 0 Å². The van der Waals surface area contributed by atoms with E-state index in [1.807, 2.05) is 6.07 Å². The Kier molecular flexibility index (Phi) is 4.81. The molecular weight excluding hydrogens is 290 g/mol. The van der Waals surface area contributed by atoms with Crippen molar-refractivity contribution in [1.82, 2.24) is 0 Å². The van der Waals surface area contributed by atoms with E-state index >= 15 is 0 Å². The molecule has 3 heteroatoms. The number of alkyl halides is 1. The third-order valence-corrected chi connectivity index (χ3v) is 3.28. The Labute approximate surface area is 110 Å². The molecule has 1 aromatic rings. The molecule has 0 aliphatic carbocycles. The largest absolute Gasteiger partial charge is 0.205 e. The third-order valence-electron chi connectivity index (χ3n) is 2.53. The fourth-order valence-electron chi connectivity index (χ4n) is 2.03. The number of benzene rings is 1. The van der Waals surface area contributed by atoms with Gasteiger partial charge in [0, 0.05) is 4.83 Å². The van der Waals surface area contributed by atoms with Crippen molar-refractivity contribution in [2.45, 2.75) is 38.4 Å². The lowest BCUT2D eigenvalue weighted by atomic mass is 9.82. The van der Waals surface area contributed by atoms with Crippen molar-refractivity contribution in [3.63, 3.8) is 0 Å². The van der Waals surface area contributed by atoms with Crippen molar-refractivity contribution in [3.8, 4) is 0 Å². The van der Waals surface area contributed by atoms with E-state index in [1.165, 1.54) is 6.07 Å². The highest BCUT2D eigenvalue weighted by Crippen LogP contribution is 2.32. The van der Waals surface area contributed by atoms with Crippen molar-refractivity contribution >= 4 is 27.5 Å². The second-order valence-corrected chi connectivity index (χ2v) is 6.98. The topological polar surface area (TPSA) is 0 Å². The summed E-state index contributed by atoms with van der Waals surface area (Å²) in [6.45, 7) is 6.47. The monoisotopic (exact) mass is 306 g/mol. The van der Waals surface area contributed by atoms with Gasteiger partial charge in [-0.15, -0.1) is 0 Å². The SMILES string of the molecule is CC(Br)CC(C)(C)Cc1cccc(F)c1Cl. The van der Waals surface area contributed by atoms with Gasteiger partial charge in [-0.25, -0.2) is 4.39 Å². The predicted molar refractivity (Wildman–Crippen MR) is 71.9 cm³/mol. The van der Waals surface area contributed by atoms with Crippen LogP contribution in [-0.2, 0) is 6.42 Å². The Hall–Kier alpha value is -0.0800. The zero-order valence-corrected chi connectivity index (χ0v) is 12.2. The predicted octanol–water partition coefficient (Wildman–Crippen LogP) is 5.22. The van der Waals surface area contributed by atoms with E-state index in [0.717, 1.165) is 18.4 Å². The van der Waals surface area contributed by atoms with Gasteiger partial charge in [-0.3, -0.25) is 0 Å². The Morgan fingerprint density at radius 2 is 2.06 bits per heavy atom. The molecule has 1 rings (SSSR count). The number of hydrogen-bond acceptors (Lipinski definition) is 0. The maximum Gasteiger partial charge on any atom is 0.142 e. The van der Waals surface area contributed by atoms with Gasteiger partial charge < -0.3 is 0 Å². The summed E-state index contributed by atoms with van der Waals surface area (Å²) < 4.78 is 13.3. The summed E-state index contributed by atoms with van der Waals surface area (Å²) in [6.07, 6.45) is 1.82. The molecule has 0 amide bonds. The van der Waals surface area contributed by atoms with E-state index in [2.05, 4.69) is 36.7 Å². The summed E-state index contributed by atoms with van der Waals surface area (Å²) >= 11 is 9.50. The lowest BCUT2D eigenvalue weighted by molar-refractivity contribution is 0.334. The molecule has 0 heterocycles. The number of hydrogen-bond donors (Lipinski definition) is 0. The normalized spacial score (nSPS) is 13.9. The quantitative estimate of drug-likeness (QED) is 0.669. The van der Waals surface area contributed by atoms with E-state index < -0.39 is 0 Å². The van der Waals surface area contributed by atoms with Gasteiger partial charge in [0.05, 0.1) is 5.02 Å². The molecule has 0 aliphatic heterocycles. The summed E-state index contributed by atoms with van der Waals surface area (Å²) in [7, 11) is 0. The van der Waals surface area contributed by atoms with Crippen LogP contribution in [0.1, 0.15) is 32.8 Å². The third kappa shape index (κ3) is 4.06. The molecular formula is C13H17BrClF. The van der Waals surface area contributed by atoms with Crippen molar-refractivity contribution in [2.24, 2.45) is 5.41 Å². The number of halogens is 3. The van der Waals surface area contributed by atoms with Crippen molar-refractivity contribution in [3.05, 3.63) is 34.6 Å². The van der Waals surface area contributed by atoms with E-state index in [0.29, 0.717) is 4.83 Å². The first-order valence-corrected chi connectivity index (χ1v) is 6.68. The summed E-state index contributed by atoms with van der Waals surface area (Å²) in [5.74, 6) is -0.332.